The lowest BCUT2D eigenvalue weighted by atomic mass is 9.43. The highest BCUT2D eigenvalue weighted by Crippen LogP contribution is 2.56. The second kappa shape index (κ2) is 14.1. The Morgan fingerprint density at radius 1 is 0.429 bits per heavy atom. The summed E-state index contributed by atoms with van der Waals surface area (Å²) in [6.45, 7) is 21.7. The number of hydrogen-bond donors (Lipinski definition) is 0. The zero-order valence-electron chi connectivity index (χ0n) is 42.0. The minimum atomic E-state index is -0.209. The number of rotatable bonds is 3. The molecule has 0 radical (unpaired) electrons. The third kappa shape index (κ3) is 5.72. The fraction of sp³-hybridized carbons (Fsp3) is 0.262. The Kier molecular flexibility index (Phi) is 8.45. The molecule has 0 unspecified atom stereocenters. The van der Waals surface area contributed by atoms with Crippen molar-refractivity contribution in [1.82, 2.24) is 0 Å². The van der Waals surface area contributed by atoms with Crippen LogP contribution in [0.4, 0.5) is 28.4 Å². The molecular weight excluding hydrogens is 852 g/mol. The molecule has 2 aromatic heterocycles. The van der Waals surface area contributed by atoms with Crippen molar-refractivity contribution in [2.75, 3.05) is 9.71 Å². The van der Waals surface area contributed by atoms with Crippen molar-refractivity contribution in [3.63, 3.8) is 0 Å². The van der Waals surface area contributed by atoms with Crippen LogP contribution in [-0.4, -0.2) is 6.85 Å². The number of aryl methyl sites for hydroxylation is 1. The number of fused-ring (bicyclic) bond motifs is 14. The van der Waals surface area contributed by atoms with E-state index < -0.39 is 0 Å². The Labute approximate surface area is 412 Å². The summed E-state index contributed by atoms with van der Waals surface area (Å²) in [5.41, 5.74) is 23.9. The van der Waals surface area contributed by atoms with Crippen molar-refractivity contribution < 1.29 is 8.83 Å². The molecule has 5 heteroatoms. The maximum absolute atomic E-state index is 7.24. The summed E-state index contributed by atoms with van der Waals surface area (Å²) in [4.78, 5) is 5.32. The topological polar surface area (TPSA) is 32.8 Å². The van der Waals surface area contributed by atoms with Gasteiger partial charge in [-0.05, 0) is 159 Å². The van der Waals surface area contributed by atoms with Crippen LogP contribution in [0, 0.1) is 6.92 Å². The SMILES string of the molecule is Cc1cc2c(cc1N1c3cc(-c4ccccc4)ccc3B3c4c1cc1c(oc5ccccc51)c4-c1c(ccc4c1oc1ccccc14)N3c1ccc3c(c1)C(C)(C)CCC3(C)C)C(C)(C)CCC2(C)C. The van der Waals surface area contributed by atoms with E-state index in [1.807, 2.05) is 0 Å². The fourth-order valence-corrected chi connectivity index (χ4v) is 13.5. The Morgan fingerprint density at radius 2 is 1.01 bits per heavy atom. The van der Waals surface area contributed by atoms with E-state index in [0.29, 0.717) is 0 Å². The van der Waals surface area contributed by atoms with Gasteiger partial charge in [-0.1, -0.05) is 146 Å². The van der Waals surface area contributed by atoms with E-state index in [1.165, 1.54) is 85.5 Å². The van der Waals surface area contributed by atoms with Crippen molar-refractivity contribution in [2.24, 2.45) is 0 Å². The molecule has 344 valence electrons. The molecule has 2 aliphatic carbocycles. The van der Waals surface area contributed by atoms with Crippen molar-refractivity contribution in [3.8, 4) is 22.3 Å². The van der Waals surface area contributed by atoms with Gasteiger partial charge in [0.1, 0.15) is 22.3 Å². The smallest absolute Gasteiger partial charge is 0.333 e. The number of furan rings is 2. The van der Waals surface area contributed by atoms with Crippen molar-refractivity contribution in [1.29, 1.82) is 0 Å². The third-order valence-electron chi connectivity index (χ3n) is 17.7. The minimum Gasteiger partial charge on any atom is -0.455 e. The van der Waals surface area contributed by atoms with Gasteiger partial charge < -0.3 is 18.5 Å². The lowest BCUT2D eigenvalue weighted by Gasteiger charge is -2.47. The summed E-state index contributed by atoms with van der Waals surface area (Å²) < 4.78 is 14.4. The molecule has 0 atom stereocenters. The highest BCUT2D eigenvalue weighted by atomic mass is 16.3. The molecule has 0 spiro atoms. The van der Waals surface area contributed by atoms with Gasteiger partial charge in [-0.15, -0.1) is 0 Å². The van der Waals surface area contributed by atoms with Crippen LogP contribution in [-0.2, 0) is 21.7 Å². The molecular formula is C65H59BN2O2. The highest BCUT2D eigenvalue weighted by molar-refractivity contribution is 6.94. The van der Waals surface area contributed by atoms with Crippen molar-refractivity contribution >= 4 is 90.1 Å². The third-order valence-corrected chi connectivity index (χ3v) is 17.7. The zero-order valence-corrected chi connectivity index (χ0v) is 42.0. The lowest BCUT2D eigenvalue weighted by molar-refractivity contribution is 0.332. The van der Waals surface area contributed by atoms with Crippen molar-refractivity contribution in [3.05, 3.63) is 173 Å². The Bertz CT molecular complexity index is 3880. The number of anilines is 5. The van der Waals surface area contributed by atoms with Crippen LogP contribution in [0.5, 0.6) is 0 Å². The van der Waals surface area contributed by atoms with Crippen LogP contribution in [0.25, 0.3) is 66.1 Å². The molecule has 4 heterocycles. The van der Waals surface area contributed by atoms with Crippen LogP contribution in [0.3, 0.4) is 0 Å². The van der Waals surface area contributed by atoms with Crippen LogP contribution < -0.4 is 20.6 Å². The van der Waals surface area contributed by atoms with Gasteiger partial charge in [-0.25, -0.2) is 0 Å². The van der Waals surface area contributed by atoms with Crippen LogP contribution in [0.15, 0.2) is 154 Å². The Hall–Kier alpha value is -6.98. The van der Waals surface area contributed by atoms with Crippen LogP contribution in [0.1, 0.15) is 109 Å². The summed E-state index contributed by atoms with van der Waals surface area (Å²) in [5, 5.41) is 4.45. The van der Waals surface area contributed by atoms with Gasteiger partial charge in [0.05, 0.1) is 5.56 Å². The van der Waals surface area contributed by atoms with Gasteiger partial charge >= 0.3 is 6.85 Å². The molecule has 2 aliphatic heterocycles. The monoisotopic (exact) mass is 910 g/mol. The molecule has 70 heavy (non-hydrogen) atoms. The van der Waals surface area contributed by atoms with Gasteiger partial charge in [-0.3, -0.25) is 0 Å². The van der Waals surface area contributed by atoms with Gasteiger partial charge in [0.15, 0.2) is 0 Å². The molecule has 0 saturated heterocycles. The van der Waals surface area contributed by atoms with E-state index in [0.717, 1.165) is 73.5 Å². The minimum absolute atomic E-state index is 0.0158. The van der Waals surface area contributed by atoms with Gasteiger partial charge in [-0.2, -0.15) is 0 Å². The van der Waals surface area contributed by atoms with Gasteiger partial charge in [0, 0.05) is 55.5 Å². The maximum atomic E-state index is 7.24. The lowest BCUT2D eigenvalue weighted by Crippen LogP contribution is -2.61. The molecule has 0 N–H and O–H groups in total. The summed E-state index contributed by atoms with van der Waals surface area (Å²) >= 11 is 0. The van der Waals surface area contributed by atoms with E-state index in [1.54, 1.807) is 0 Å². The summed E-state index contributed by atoms with van der Waals surface area (Å²) in [5.74, 6) is 0. The predicted molar refractivity (Wildman–Crippen MR) is 295 cm³/mol. The fourth-order valence-electron chi connectivity index (χ4n) is 13.5. The summed E-state index contributed by atoms with van der Waals surface area (Å²) in [6, 6.07) is 55.0. The largest absolute Gasteiger partial charge is 0.455 e. The molecule has 0 saturated carbocycles. The number of para-hydroxylation sites is 2. The first-order chi connectivity index (χ1) is 33.6. The molecule has 8 aromatic carbocycles. The van der Waals surface area contributed by atoms with E-state index in [-0.39, 0.29) is 28.5 Å². The average molecular weight is 911 g/mol. The zero-order chi connectivity index (χ0) is 47.8. The van der Waals surface area contributed by atoms with E-state index in [9.17, 15) is 0 Å². The van der Waals surface area contributed by atoms with E-state index in [4.69, 9.17) is 8.83 Å². The second-order valence-electron chi connectivity index (χ2n) is 23.8. The molecule has 0 fully saturated rings. The van der Waals surface area contributed by atoms with E-state index >= 15 is 0 Å². The number of nitrogens with zero attached hydrogens (tertiary/aromatic N) is 2. The summed E-state index contributed by atoms with van der Waals surface area (Å²) in [6.07, 6.45) is 4.62. The first kappa shape index (κ1) is 42.0. The average Bonchev–Trinajstić information content (AvgIpc) is 3.93. The first-order valence-corrected chi connectivity index (χ1v) is 25.6. The molecule has 4 aliphatic rings. The molecule has 4 nitrogen and oxygen atoms in total. The molecule has 10 aromatic rings. The summed E-state index contributed by atoms with van der Waals surface area (Å²) in [7, 11) is 0. The molecule has 14 rings (SSSR count). The van der Waals surface area contributed by atoms with Gasteiger partial charge in [0.25, 0.3) is 0 Å². The predicted octanol–water partition coefficient (Wildman–Crippen LogP) is 16.9. The maximum Gasteiger partial charge on any atom is 0.333 e. The number of benzene rings is 8. The highest BCUT2D eigenvalue weighted by Gasteiger charge is 2.49. The Balaban J connectivity index is 1.16. The quantitative estimate of drug-likeness (QED) is 0.165. The molecule has 0 bridgehead atoms. The van der Waals surface area contributed by atoms with E-state index in [2.05, 4.69) is 218 Å². The standard InChI is InChI=1S/C65H59BN2O2/c1-38-33-47-49(65(8,9)32-31-63(47,4)5)37-52(38)67-53-34-40(39-17-11-10-12-18-39)23-27-50(53)66-59-54(67)36-45-43-20-14-16-22-56(43)70-61(45)58(59)57-51(28-25-44-42-19-13-15-21-55(42)69-60(44)57)68(66)41-24-26-46-48(35-41)64(6,7)30-29-62(46,2)3/h10-28,33-37H,29-32H2,1-9H3. The number of hydrogen-bond acceptors (Lipinski definition) is 4. The normalized spacial score (nSPS) is 17.9. The van der Waals surface area contributed by atoms with Crippen LogP contribution in [0.2, 0.25) is 0 Å². The first-order valence-electron chi connectivity index (χ1n) is 25.6. The second-order valence-corrected chi connectivity index (χ2v) is 23.8. The van der Waals surface area contributed by atoms with Crippen LogP contribution >= 0.6 is 0 Å². The molecule has 0 amide bonds. The van der Waals surface area contributed by atoms with Crippen molar-refractivity contribution in [2.45, 2.75) is 110 Å². The Morgan fingerprint density at radius 3 is 1.70 bits per heavy atom. The van der Waals surface area contributed by atoms with Gasteiger partial charge in [0.2, 0.25) is 0 Å².